The van der Waals surface area contributed by atoms with Gasteiger partial charge in [-0.05, 0) is 31.2 Å². The number of benzene rings is 1. The number of carbonyl (C=O) groups is 1. The van der Waals surface area contributed by atoms with Crippen LogP contribution >= 0.6 is 0 Å². The molecule has 7 nitrogen and oxygen atoms in total. The number of ether oxygens (including phenoxy) is 1. The molecule has 1 aliphatic rings. The molecule has 1 aromatic heterocycles. The van der Waals surface area contributed by atoms with Crippen molar-refractivity contribution in [1.29, 1.82) is 0 Å². The van der Waals surface area contributed by atoms with E-state index in [2.05, 4.69) is 4.98 Å². The highest BCUT2D eigenvalue weighted by Crippen LogP contribution is 2.22. The van der Waals surface area contributed by atoms with E-state index in [-0.39, 0.29) is 23.9 Å². The fraction of sp³-hybridized carbons (Fsp3) is 0.333. The minimum Gasteiger partial charge on any atom is -0.493 e. The predicted octanol–water partition coefficient (Wildman–Crippen LogP) is 1.63. The molecule has 0 radical (unpaired) electrons. The molecule has 1 amide bonds. The summed E-state index contributed by atoms with van der Waals surface area (Å²) in [6.07, 6.45) is 2.87. The molecule has 1 aliphatic heterocycles. The maximum absolute atomic E-state index is 12.8. The van der Waals surface area contributed by atoms with Crippen LogP contribution in [0.15, 0.2) is 53.7 Å². The first-order chi connectivity index (χ1) is 12.5. The lowest BCUT2D eigenvalue weighted by Crippen LogP contribution is -2.50. The van der Waals surface area contributed by atoms with Crippen LogP contribution in [0, 0.1) is 0 Å². The zero-order valence-electron chi connectivity index (χ0n) is 14.5. The third kappa shape index (κ3) is 3.71. The number of pyridine rings is 1. The quantitative estimate of drug-likeness (QED) is 0.794. The number of nitrogens with zero attached hydrogens (tertiary/aromatic N) is 3. The number of rotatable bonds is 5. The van der Waals surface area contributed by atoms with Crippen molar-refractivity contribution in [2.24, 2.45) is 0 Å². The van der Waals surface area contributed by atoms with Gasteiger partial charge in [0, 0.05) is 38.6 Å². The van der Waals surface area contributed by atoms with Crippen molar-refractivity contribution in [3.63, 3.8) is 0 Å². The van der Waals surface area contributed by atoms with Gasteiger partial charge in [0.25, 0.3) is 5.91 Å². The van der Waals surface area contributed by atoms with Gasteiger partial charge in [0.1, 0.15) is 10.6 Å². The van der Waals surface area contributed by atoms with Crippen LogP contribution in [0.5, 0.6) is 5.75 Å². The molecular weight excluding hydrogens is 354 g/mol. The molecule has 3 rings (SSSR count). The number of carbonyl (C=O) groups excluding carboxylic acids is 1. The molecule has 0 aliphatic carbocycles. The van der Waals surface area contributed by atoms with Gasteiger partial charge in [-0.3, -0.25) is 9.78 Å². The molecule has 2 aromatic rings. The zero-order chi connectivity index (χ0) is 18.6. The van der Waals surface area contributed by atoms with Crippen LogP contribution in [-0.4, -0.2) is 61.3 Å². The number of sulfonamides is 1. The third-order valence-electron chi connectivity index (χ3n) is 4.22. The van der Waals surface area contributed by atoms with Crippen LogP contribution in [0.2, 0.25) is 0 Å². The summed E-state index contributed by atoms with van der Waals surface area (Å²) in [5.41, 5.74) is 0.498. The summed E-state index contributed by atoms with van der Waals surface area (Å²) in [6, 6.07) is 10.2. The Morgan fingerprint density at radius 2 is 1.85 bits per heavy atom. The third-order valence-corrected chi connectivity index (χ3v) is 6.10. The SMILES string of the molecule is CCOc1ccccc1C(=O)N1CCN(S(=O)(=O)c2cccnc2)CC1. The highest BCUT2D eigenvalue weighted by atomic mass is 32.2. The van der Waals surface area contributed by atoms with E-state index in [0.717, 1.165) is 0 Å². The number of para-hydroxylation sites is 1. The van der Waals surface area contributed by atoms with E-state index in [0.29, 0.717) is 31.0 Å². The molecule has 1 fully saturated rings. The molecule has 1 saturated heterocycles. The van der Waals surface area contributed by atoms with Gasteiger partial charge in [-0.25, -0.2) is 8.42 Å². The van der Waals surface area contributed by atoms with Crippen LogP contribution in [0.1, 0.15) is 17.3 Å². The second kappa shape index (κ2) is 7.84. The van der Waals surface area contributed by atoms with Crippen LogP contribution in [0.25, 0.3) is 0 Å². The van der Waals surface area contributed by atoms with Gasteiger partial charge in [0.15, 0.2) is 0 Å². The molecule has 0 bridgehead atoms. The van der Waals surface area contributed by atoms with E-state index in [1.54, 1.807) is 29.2 Å². The minimum absolute atomic E-state index is 0.146. The molecule has 138 valence electrons. The standard InChI is InChI=1S/C18H21N3O4S/c1-2-25-17-8-4-3-7-16(17)18(22)20-10-12-21(13-11-20)26(23,24)15-6-5-9-19-14-15/h3-9,14H,2,10-13H2,1H3. The first kappa shape index (κ1) is 18.3. The minimum atomic E-state index is -3.58. The molecule has 8 heteroatoms. The van der Waals surface area contributed by atoms with Gasteiger partial charge < -0.3 is 9.64 Å². The van der Waals surface area contributed by atoms with Gasteiger partial charge in [-0.15, -0.1) is 0 Å². The normalized spacial score (nSPS) is 15.7. The van der Waals surface area contributed by atoms with Crippen LogP contribution in [0.4, 0.5) is 0 Å². The summed E-state index contributed by atoms with van der Waals surface area (Å²) in [4.78, 5) is 18.5. The topological polar surface area (TPSA) is 79.8 Å². The van der Waals surface area contributed by atoms with Gasteiger partial charge in [-0.2, -0.15) is 4.31 Å². The average Bonchev–Trinajstić information content (AvgIpc) is 2.69. The number of hydrogen-bond acceptors (Lipinski definition) is 5. The molecule has 0 saturated carbocycles. The van der Waals surface area contributed by atoms with E-state index in [1.807, 2.05) is 13.0 Å². The van der Waals surface area contributed by atoms with E-state index in [9.17, 15) is 13.2 Å². The number of piperazine rings is 1. The molecule has 1 aromatic carbocycles. The second-order valence-electron chi connectivity index (χ2n) is 5.81. The highest BCUT2D eigenvalue weighted by molar-refractivity contribution is 7.89. The Balaban J connectivity index is 1.70. The molecule has 0 unspecified atom stereocenters. The van der Waals surface area contributed by atoms with Gasteiger partial charge in [-0.1, -0.05) is 12.1 Å². The molecule has 0 atom stereocenters. The lowest BCUT2D eigenvalue weighted by Gasteiger charge is -2.34. The summed E-state index contributed by atoms with van der Waals surface area (Å²) in [6.45, 7) is 3.50. The first-order valence-corrected chi connectivity index (χ1v) is 9.89. The lowest BCUT2D eigenvalue weighted by molar-refractivity contribution is 0.0693. The van der Waals surface area contributed by atoms with Crippen molar-refractivity contribution < 1.29 is 17.9 Å². The summed E-state index contributed by atoms with van der Waals surface area (Å²) in [5.74, 6) is 0.401. The van der Waals surface area contributed by atoms with Crippen molar-refractivity contribution in [2.45, 2.75) is 11.8 Å². The molecule has 2 heterocycles. The Morgan fingerprint density at radius 1 is 1.12 bits per heavy atom. The van der Waals surface area contributed by atoms with E-state index in [4.69, 9.17) is 4.74 Å². The Labute approximate surface area is 153 Å². The van der Waals surface area contributed by atoms with Crippen molar-refractivity contribution in [3.05, 3.63) is 54.4 Å². The Hall–Kier alpha value is -2.45. The smallest absolute Gasteiger partial charge is 0.257 e. The molecular formula is C18H21N3O4S. The van der Waals surface area contributed by atoms with Crippen molar-refractivity contribution >= 4 is 15.9 Å². The fourth-order valence-corrected chi connectivity index (χ4v) is 4.26. The maximum atomic E-state index is 12.8. The van der Waals surface area contributed by atoms with E-state index < -0.39 is 10.0 Å². The second-order valence-corrected chi connectivity index (χ2v) is 7.75. The first-order valence-electron chi connectivity index (χ1n) is 8.45. The number of aromatic nitrogens is 1. The van der Waals surface area contributed by atoms with Crippen molar-refractivity contribution in [1.82, 2.24) is 14.2 Å². The summed E-state index contributed by atoms with van der Waals surface area (Å²) < 4.78 is 32.2. The Bertz CT molecular complexity index is 863. The van der Waals surface area contributed by atoms with Crippen LogP contribution < -0.4 is 4.74 Å². The van der Waals surface area contributed by atoms with Crippen LogP contribution in [0.3, 0.4) is 0 Å². The van der Waals surface area contributed by atoms with E-state index >= 15 is 0 Å². The average molecular weight is 375 g/mol. The summed E-state index contributed by atoms with van der Waals surface area (Å²) in [5, 5.41) is 0. The van der Waals surface area contributed by atoms with Gasteiger partial charge in [0.2, 0.25) is 10.0 Å². The lowest BCUT2D eigenvalue weighted by atomic mass is 10.1. The van der Waals surface area contributed by atoms with Crippen molar-refractivity contribution in [2.75, 3.05) is 32.8 Å². The Kier molecular flexibility index (Phi) is 5.53. The monoisotopic (exact) mass is 375 g/mol. The summed E-state index contributed by atoms with van der Waals surface area (Å²) in [7, 11) is -3.58. The number of amides is 1. The molecule has 0 N–H and O–H groups in total. The van der Waals surface area contributed by atoms with Crippen LogP contribution in [-0.2, 0) is 10.0 Å². The number of hydrogen-bond donors (Lipinski definition) is 0. The predicted molar refractivity (Wildman–Crippen MR) is 96.5 cm³/mol. The fourth-order valence-electron chi connectivity index (χ4n) is 2.88. The van der Waals surface area contributed by atoms with Gasteiger partial charge >= 0.3 is 0 Å². The largest absolute Gasteiger partial charge is 0.493 e. The molecule has 0 spiro atoms. The maximum Gasteiger partial charge on any atom is 0.257 e. The van der Waals surface area contributed by atoms with E-state index in [1.165, 1.54) is 22.8 Å². The van der Waals surface area contributed by atoms with Gasteiger partial charge in [0.05, 0.1) is 12.2 Å². The Morgan fingerprint density at radius 3 is 2.50 bits per heavy atom. The summed E-state index contributed by atoms with van der Waals surface area (Å²) >= 11 is 0. The molecule has 26 heavy (non-hydrogen) atoms. The highest BCUT2D eigenvalue weighted by Gasteiger charge is 2.31. The van der Waals surface area contributed by atoms with Crippen molar-refractivity contribution in [3.8, 4) is 5.75 Å². The zero-order valence-corrected chi connectivity index (χ0v) is 15.4.